The van der Waals surface area contributed by atoms with Crippen molar-refractivity contribution < 1.29 is 27.4 Å². The zero-order valence-electron chi connectivity index (χ0n) is 10.5. The van der Waals surface area contributed by atoms with Crippen molar-refractivity contribution >= 4 is 15.8 Å². The average molecular weight is 268 g/mol. The molecule has 0 aliphatic carbocycles. The van der Waals surface area contributed by atoms with E-state index in [2.05, 4.69) is 4.74 Å². The molecule has 0 heterocycles. The van der Waals surface area contributed by atoms with Crippen LogP contribution in [0.15, 0.2) is 0 Å². The van der Waals surface area contributed by atoms with Gasteiger partial charge in [0.25, 0.3) is 0 Å². The largest absolute Gasteiger partial charge is 0.468 e. The summed E-state index contributed by atoms with van der Waals surface area (Å²) in [6, 6.07) is 0. The molecule has 0 aromatic rings. The molecule has 0 saturated heterocycles. The smallest absolute Gasteiger partial charge is 0.320 e. The van der Waals surface area contributed by atoms with Gasteiger partial charge in [0, 0.05) is 19.6 Å². The second-order valence-electron chi connectivity index (χ2n) is 3.30. The standard InChI is InChI=1S/C10H20O6S/c1-4-15-10(16-5-2)6-7-17(12,13)8-9(11)14-3/h10H,4-8H2,1-3H3. The molecule has 0 aromatic carbocycles. The molecule has 0 rings (SSSR count). The number of carbonyl (C=O) groups excluding carboxylic acids is 1. The number of esters is 1. The van der Waals surface area contributed by atoms with Gasteiger partial charge in [-0.15, -0.1) is 0 Å². The van der Waals surface area contributed by atoms with E-state index in [4.69, 9.17) is 9.47 Å². The summed E-state index contributed by atoms with van der Waals surface area (Å²) in [6.07, 6.45) is -0.335. The van der Waals surface area contributed by atoms with Gasteiger partial charge in [0.15, 0.2) is 16.1 Å². The molecule has 0 amide bonds. The highest BCUT2D eigenvalue weighted by atomic mass is 32.2. The Morgan fingerprint density at radius 3 is 2.12 bits per heavy atom. The average Bonchev–Trinajstić information content (AvgIpc) is 2.26. The first-order valence-corrected chi connectivity index (χ1v) is 7.27. The zero-order chi connectivity index (χ0) is 13.3. The van der Waals surface area contributed by atoms with Crippen molar-refractivity contribution in [2.75, 3.05) is 31.8 Å². The van der Waals surface area contributed by atoms with Gasteiger partial charge in [-0.05, 0) is 13.8 Å². The first-order chi connectivity index (χ1) is 7.95. The van der Waals surface area contributed by atoms with Crippen LogP contribution in [0, 0.1) is 0 Å². The van der Waals surface area contributed by atoms with E-state index in [-0.39, 0.29) is 12.2 Å². The van der Waals surface area contributed by atoms with Gasteiger partial charge in [-0.2, -0.15) is 0 Å². The fourth-order valence-electron chi connectivity index (χ4n) is 1.17. The van der Waals surface area contributed by atoms with Gasteiger partial charge in [0.05, 0.1) is 12.9 Å². The topological polar surface area (TPSA) is 78.9 Å². The van der Waals surface area contributed by atoms with Crippen LogP contribution < -0.4 is 0 Å². The molecule has 0 atom stereocenters. The molecule has 6 nitrogen and oxygen atoms in total. The van der Waals surface area contributed by atoms with E-state index < -0.39 is 27.8 Å². The third-order valence-electron chi connectivity index (χ3n) is 1.94. The summed E-state index contributed by atoms with van der Waals surface area (Å²) in [5.74, 6) is -1.52. The molecule has 0 spiro atoms. The molecule has 0 fully saturated rings. The number of methoxy groups -OCH3 is 1. The SMILES string of the molecule is CCOC(CCS(=O)(=O)CC(=O)OC)OCC. The molecular formula is C10H20O6S. The second-order valence-corrected chi connectivity index (χ2v) is 5.48. The molecule has 0 aliphatic rings. The van der Waals surface area contributed by atoms with E-state index in [1.165, 1.54) is 0 Å². The van der Waals surface area contributed by atoms with E-state index in [1.54, 1.807) is 13.8 Å². The molecule has 0 radical (unpaired) electrons. The van der Waals surface area contributed by atoms with E-state index >= 15 is 0 Å². The number of hydrogen-bond acceptors (Lipinski definition) is 6. The highest BCUT2D eigenvalue weighted by Crippen LogP contribution is 2.05. The summed E-state index contributed by atoms with van der Waals surface area (Å²) in [5, 5.41) is 0. The molecule has 0 aromatic heterocycles. The van der Waals surface area contributed by atoms with Gasteiger partial charge in [-0.3, -0.25) is 4.79 Å². The van der Waals surface area contributed by atoms with Gasteiger partial charge in [0.1, 0.15) is 5.75 Å². The number of sulfone groups is 1. The number of hydrogen-bond donors (Lipinski definition) is 0. The Bertz CT molecular complexity index is 305. The summed E-state index contributed by atoms with van der Waals surface area (Å²) < 4.78 is 37.7. The predicted octanol–water partition coefficient (Wildman–Crippen LogP) is 0.363. The highest BCUT2D eigenvalue weighted by molar-refractivity contribution is 7.92. The Kier molecular flexibility index (Phi) is 8.11. The first kappa shape index (κ1) is 16.3. The van der Waals surface area contributed by atoms with Crippen LogP contribution >= 0.6 is 0 Å². The van der Waals surface area contributed by atoms with E-state index in [1.807, 2.05) is 0 Å². The maximum Gasteiger partial charge on any atom is 0.320 e. The normalized spacial score (nSPS) is 11.8. The number of carbonyl (C=O) groups is 1. The van der Waals surface area contributed by atoms with Crippen molar-refractivity contribution in [3.8, 4) is 0 Å². The van der Waals surface area contributed by atoms with Gasteiger partial charge in [-0.1, -0.05) is 0 Å². The Hall–Kier alpha value is -0.660. The molecular weight excluding hydrogens is 248 g/mol. The van der Waals surface area contributed by atoms with Crippen LogP contribution in [-0.2, 0) is 28.8 Å². The first-order valence-electron chi connectivity index (χ1n) is 5.45. The van der Waals surface area contributed by atoms with Crippen LogP contribution in [0.25, 0.3) is 0 Å². The van der Waals surface area contributed by atoms with Crippen molar-refractivity contribution in [1.82, 2.24) is 0 Å². The summed E-state index contributed by atoms with van der Waals surface area (Å²) in [5.41, 5.74) is 0. The summed E-state index contributed by atoms with van der Waals surface area (Å²) in [7, 11) is -2.31. The number of rotatable bonds is 9. The molecule has 7 heteroatoms. The quantitative estimate of drug-likeness (QED) is 0.444. The van der Waals surface area contributed by atoms with E-state index in [0.29, 0.717) is 13.2 Å². The molecule has 102 valence electrons. The lowest BCUT2D eigenvalue weighted by Crippen LogP contribution is -2.25. The van der Waals surface area contributed by atoms with Crippen molar-refractivity contribution in [1.29, 1.82) is 0 Å². The molecule has 0 unspecified atom stereocenters. The fraction of sp³-hybridized carbons (Fsp3) is 0.900. The minimum absolute atomic E-state index is 0.160. The predicted molar refractivity (Wildman–Crippen MR) is 62.3 cm³/mol. The lowest BCUT2D eigenvalue weighted by atomic mass is 10.5. The van der Waals surface area contributed by atoms with Crippen LogP contribution in [0.3, 0.4) is 0 Å². The monoisotopic (exact) mass is 268 g/mol. The number of ether oxygens (including phenoxy) is 3. The third kappa shape index (κ3) is 8.12. The molecule has 0 aliphatic heterocycles. The second kappa shape index (κ2) is 8.43. The molecule has 17 heavy (non-hydrogen) atoms. The summed E-state index contributed by atoms with van der Waals surface area (Å²) in [6.45, 7) is 4.49. The van der Waals surface area contributed by atoms with Crippen LogP contribution in [-0.4, -0.2) is 52.5 Å². The van der Waals surface area contributed by atoms with Crippen LogP contribution in [0.5, 0.6) is 0 Å². The van der Waals surface area contributed by atoms with Crippen molar-refractivity contribution in [2.24, 2.45) is 0 Å². The minimum atomic E-state index is -3.46. The molecule has 0 N–H and O–H groups in total. The van der Waals surface area contributed by atoms with Crippen LogP contribution in [0.2, 0.25) is 0 Å². The zero-order valence-corrected chi connectivity index (χ0v) is 11.3. The highest BCUT2D eigenvalue weighted by Gasteiger charge is 2.19. The van der Waals surface area contributed by atoms with Gasteiger partial charge >= 0.3 is 5.97 Å². The molecule has 0 bridgehead atoms. The van der Waals surface area contributed by atoms with E-state index in [0.717, 1.165) is 7.11 Å². The Morgan fingerprint density at radius 1 is 1.18 bits per heavy atom. The van der Waals surface area contributed by atoms with Crippen molar-refractivity contribution in [3.05, 3.63) is 0 Å². The molecule has 0 saturated carbocycles. The summed E-state index contributed by atoms with van der Waals surface area (Å²) in [4.78, 5) is 10.9. The Labute approximate surface area is 102 Å². The Balaban J connectivity index is 4.17. The lowest BCUT2D eigenvalue weighted by Gasteiger charge is -2.16. The lowest BCUT2D eigenvalue weighted by molar-refractivity contribution is -0.138. The maximum atomic E-state index is 11.5. The third-order valence-corrected chi connectivity index (χ3v) is 3.47. The van der Waals surface area contributed by atoms with Crippen molar-refractivity contribution in [3.63, 3.8) is 0 Å². The fourth-order valence-corrected chi connectivity index (χ4v) is 2.35. The summed E-state index contributed by atoms with van der Waals surface area (Å²) >= 11 is 0. The van der Waals surface area contributed by atoms with Gasteiger partial charge in [0.2, 0.25) is 0 Å². The van der Waals surface area contributed by atoms with Gasteiger partial charge < -0.3 is 14.2 Å². The van der Waals surface area contributed by atoms with Crippen LogP contribution in [0.1, 0.15) is 20.3 Å². The minimum Gasteiger partial charge on any atom is -0.468 e. The maximum absolute atomic E-state index is 11.5. The van der Waals surface area contributed by atoms with Gasteiger partial charge in [-0.25, -0.2) is 8.42 Å². The van der Waals surface area contributed by atoms with Crippen molar-refractivity contribution in [2.45, 2.75) is 26.6 Å². The van der Waals surface area contributed by atoms with Crippen LogP contribution in [0.4, 0.5) is 0 Å². The Morgan fingerprint density at radius 2 is 1.71 bits per heavy atom. The van der Waals surface area contributed by atoms with E-state index in [9.17, 15) is 13.2 Å².